The highest BCUT2D eigenvalue weighted by molar-refractivity contribution is 6.02. The molecule has 0 bridgehead atoms. The van der Waals surface area contributed by atoms with E-state index in [1.807, 2.05) is 37.3 Å². The van der Waals surface area contributed by atoms with Crippen molar-refractivity contribution in [1.29, 1.82) is 0 Å². The first-order chi connectivity index (χ1) is 20.2. The predicted octanol–water partition coefficient (Wildman–Crippen LogP) is 6.78. The number of ether oxygens (including phenoxy) is 2. The Morgan fingerprint density at radius 2 is 1.71 bits per heavy atom. The third kappa shape index (κ3) is 6.75. The van der Waals surface area contributed by atoms with Crippen LogP contribution in [0.1, 0.15) is 60.4 Å². The Morgan fingerprint density at radius 3 is 2.38 bits per heavy atom. The summed E-state index contributed by atoms with van der Waals surface area (Å²) in [5.74, 6) is 0.939. The van der Waals surface area contributed by atoms with Gasteiger partial charge in [-0.05, 0) is 59.2 Å². The van der Waals surface area contributed by atoms with E-state index in [4.69, 9.17) is 14.0 Å². The van der Waals surface area contributed by atoms with Crippen LogP contribution < -0.4 is 10.1 Å². The van der Waals surface area contributed by atoms with E-state index in [-0.39, 0.29) is 17.0 Å². The van der Waals surface area contributed by atoms with E-state index in [2.05, 4.69) is 79.5 Å². The van der Waals surface area contributed by atoms with Crippen molar-refractivity contribution in [2.45, 2.75) is 53.2 Å². The maximum Gasteiger partial charge on any atom is 0.274 e. The van der Waals surface area contributed by atoms with E-state index in [1.54, 1.807) is 0 Å². The molecule has 220 valence electrons. The van der Waals surface area contributed by atoms with Crippen molar-refractivity contribution in [2.75, 3.05) is 32.8 Å². The summed E-state index contributed by atoms with van der Waals surface area (Å²) in [6.45, 7) is 15.7. The monoisotopic (exact) mass is 567 g/mol. The smallest absolute Gasteiger partial charge is 0.274 e. The van der Waals surface area contributed by atoms with Crippen LogP contribution >= 0.6 is 0 Å². The fourth-order valence-electron chi connectivity index (χ4n) is 5.46. The summed E-state index contributed by atoms with van der Waals surface area (Å²) in [5, 5.41) is 7.21. The molecule has 0 saturated carbocycles. The van der Waals surface area contributed by atoms with Crippen LogP contribution in [0.25, 0.3) is 22.5 Å². The minimum atomic E-state index is -0.269. The van der Waals surface area contributed by atoms with E-state index < -0.39 is 0 Å². The quantitative estimate of drug-likeness (QED) is 0.240. The van der Waals surface area contributed by atoms with Gasteiger partial charge < -0.3 is 19.3 Å². The molecule has 1 aliphatic heterocycles. The first kappa shape index (κ1) is 29.5. The largest absolute Gasteiger partial charge is 0.488 e. The number of benzene rings is 3. The lowest BCUT2D eigenvalue weighted by atomic mass is 9.82. The highest BCUT2D eigenvalue weighted by atomic mass is 16.5. The average Bonchev–Trinajstić information content (AvgIpc) is 3.42. The van der Waals surface area contributed by atoms with Gasteiger partial charge in [0.1, 0.15) is 12.4 Å². The van der Waals surface area contributed by atoms with Gasteiger partial charge >= 0.3 is 0 Å². The number of carbonyl (C=O) groups is 1. The molecule has 42 heavy (non-hydrogen) atoms. The van der Waals surface area contributed by atoms with E-state index in [0.29, 0.717) is 30.2 Å². The second kappa shape index (κ2) is 12.9. The van der Waals surface area contributed by atoms with Gasteiger partial charge in [-0.1, -0.05) is 80.5 Å². The summed E-state index contributed by atoms with van der Waals surface area (Å²) in [7, 11) is 0. The highest BCUT2D eigenvalue weighted by Gasteiger charge is 2.28. The minimum Gasteiger partial charge on any atom is -0.488 e. The van der Waals surface area contributed by atoms with Gasteiger partial charge in [0.05, 0.1) is 24.3 Å². The number of rotatable bonds is 9. The number of morpholine rings is 1. The molecule has 0 spiro atoms. The lowest BCUT2D eigenvalue weighted by molar-refractivity contribution is 0.0342. The Morgan fingerprint density at radius 1 is 1.00 bits per heavy atom. The topological polar surface area (TPSA) is 76.8 Å². The van der Waals surface area contributed by atoms with E-state index in [1.165, 1.54) is 11.1 Å². The Hall–Kier alpha value is -3.94. The zero-order valence-electron chi connectivity index (χ0n) is 25.3. The van der Waals surface area contributed by atoms with Crippen LogP contribution in [0.4, 0.5) is 0 Å². The summed E-state index contributed by atoms with van der Waals surface area (Å²) in [5.41, 5.74) is 7.03. The molecule has 7 heteroatoms. The molecule has 4 aromatic rings. The van der Waals surface area contributed by atoms with Crippen molar-refractivity contribution in [2.24, 2.45) is 0 Å². The lowest BCUT2D eigenvalue weighted by Crippen LogP contribution is -2.35. The van der Waals surface area contributed by atoms with Crippen LogP contribution in [0.3, 0.4) is 0 Å². The fraction of sp³-hybridized carbons (Fsp3) is 0.371. The molecular formula is C35H41N3O4. The molecule has 1 N–H and O–H groups in total. The lowest BCUT2D eigenvalue weighted by Gasteiger charge is -2.26. The molecule has 1 amide bonds. The number of carbonyl (C=O) groups excluding carboxylic acids is 1. The molecule has 2 heterocycles. The number of nitrogens with zero attached hydrogens (tertiary/aromatic N) is 2. The fourth-order valence-corrected chi connectivity index (χ4v) is 5.46. The first-order valence-corrected chi connectivity index (χ1v) is 14.7. The van der Waals surface area contributed by atoms with Crippen molar-refractivity contribution < 1.29 is 18.8 Å². The summed E-state index contributed by atoms with van der Waals surface area (Å²) in [6.07, 6.45) is 0. The third-order valence-corrected chi connectivity index (χ3v) is 7.61. The number of aromatic nitrogens is 1. The summed E-state index contributed by atoms with van der Waals surface area (Å²) < 4.78 is 18.0. The van der Waals surface area contributed by atoms with Crippen molar-refractivity contribution in [3.63, 3.8) is 0 Å². The van der Waals surface area contributed by atoms with Crippen LogP contribution in [-0.2, 0) is 23.3 Å². The average molecular weight is 568 g/mol. The van der Waals surface area contributed by atoms with Crippen LogP contribution in [0.5, 0.6) is 5.75 Å². The van der Waals surface area contributed by atoms with Gasteiger partial charge in [0.25, 0.3) is 5.91 Å². The SMILES string of the molecule is CCNC(=O)c1noc(-c2cc(C(C)(C)C)c(C)cc2OCc2ccccc2)c1-c1ccc(CN2CCOCC2)cc1. The Balaban J connectivity index is 1.59. The van der Waals surface area contributed by atoms with E-state index in [9.17, 15) is 4.79 Å². The molecule has 3 aromatic carbocycles. The Kier molecular flexibility index (Phi) is 9.09. The second-order valence-corrected chi connectivity index (χ2v) is 11.9. The number of aryl methyl sites for hydroxylation is 1. The second-order valence-electron chi connectivity index (χ2n) is 11.9. The molecule has 5 rings (SSSR count). The van der Waals surface area contributed by atoms with Gasteiger partial charge in [-0.2, -0.15) is 0 Å². The zero-order valence-corrected chi connectivity index (χ0v) is 25.3. The number of hydrogen-bond acceptors (Lipinski definition) is 6. The molecular weight excluding hydrogens is 526 g/mol. The van der Waals surface area contributed by atoms with Gasteiger partial charge in [0.15, 0.2) is 11.5 Å². The summed E-state index contributed by atoms with van der Waals surface area (Å²) in [4.78, 5) is 15.6. The van der Waals surface area contributed by atoms with Crippen molar-refractivity contribution in [3.8, 4) is 28.2 Å². The molecule has 7 nitrogen and oxygen atoms in total. The van der Waals surface area contributed by atoms with Gasteiger partial charge in [0.2, 0.25) is 0 Å². The van der Waals surface area contributed by atoms with E-state index >= 15 is 0 Å². The Labute approximate surface area is 248 Å². The standard InChI is InChI=1S/C35H41N3O4/c1-6-36-34(39)32-31(27-14-12-25(13-15-27)22-38-16-18-40-19-17-38)33(42-37-32)28-21-29(35(3,4)5)24(2)20-30(28)41-23-26-10-8-7-9-11-26/h7-15,20-21H,6,16-19,22-23H2,1-5H3,(H,36,39). The maximum absolute atomic E-state index is 13.2. The van der Waals surface area contributed by atoms with Crippen LogP contribution in [0.2, 0.25) is 0 Å². The van der Waals surface area contributed by atoms with E-state index in [0.717, 1.165) is 55.1 Å². The molecule has 0 atom stereocenters. The summed E-state index contributed by atoms with van der Waals surface area (Å²) >= 11 is 0. The molecule has 0 radical (unpaired) electrons. The molecule has 0 unspecified atom stereocenters. The zero-order chi connectivity index (χ0) is 29.7. The highest BCUT2D eigenvalue weighted by Crippen LogP contribution is 2.43. The minimum absolute atomic E-state index is 0.111. The third-order valence-electron chi connectivity index (χ3n) is 7.61. The molecule has 0 aliphatic carbocycles. The van der Waals surface area contributed by atoms with Gasteiger partial charge in [-0.3, -0.25) is 9.69 Å². The molecule has 1 aliphatic rings. The van der Waals surface area contributed by atoms with Gasteiger partial charge in [-0.25, -0.2) is 0 Å². The first-order valence-electron chi connectivity index (χ1n) is 14.7. The number of amides is 1. The van der Waals surface area contributed by atoms with Crippen molar-refractivity contribution in [1.82, 2.24) is 15.4 Å². The summed E-state index contributed by atoms with van der Waals surface area (Å²) in [6, 6.07) is 22.6. The van der Waals surface area contributed by atoms with Gasteiger partial charge in [-0.15, -0.1) is 0 Å². The van der Waals surface area contributed by atoms with Crippen LogP contribution in [0, 0.1) is 6.92 Å². The molecule has 1 aromatic heterocycles. The normalized spacial score (nSPS) is 14.1. The molecule has 1 saturated heterocycles. The molecule has 1 fully saturated rings. The number of hydrogen-bond donors (Lipinski definition) is 1. The Bertz CT molecular complexity index is 1500. The number of nitrogens with one attached hydrogen (secondary N) is 1. The predicted molar refractivity (Wildman–Crippen MR) is 166 cm³/mol. The van der Waals surface area contributed by atoms with Crippen LogP contribution in [-0.4, -0.2) is 48.8 Å². The van der Waals surface area contributed by atoms with Crippen molar-refractivity contribution in [3.05, 3.63) is 94.7 Å². The van der Waals surface area contributed by atoms with Gasteiger partial charge in [0, 0.05) is 26.2 Å². The van der Waals surface area contributed by atoms with Crippen molar-refractivity contribution >= 4 is 5.91 Å². The van der Waals surface area contributed by atoms with Crippen LogP contribution in [0.15, 0.2) is 71.3 Å². The maximum atomic E-state index is 13.2.